The number of hydrogen-bond acceptors (Lipinski definition) is 2. The summed E-state index contributed by atoms with van der Waals surface area (Å²) >= 11 is 0. The smallest absolute Gasteiger partial charge is 0.223 e. The zero-order valence-electron chi connectivity index (χ0n) is 7.19. The Balaban J connectivity index is 1.91. The number of fused-ring (bicyclic) bond motifs is 3. The second-order valence-electron chi connectivity index (χ2n) is 3.81. The molecule has 13 heavy (non-hydrogen) atoms. The number of carbonyl (C=O) groups excluding carboxylic acids is 1. The van der Waals surface area contributed by atoms with Crippen molar-refractivity contribution in [3.8, 4) is 0 Å². The van der Waals surface area contributed by atoms with Gasteiger partial charge in [-0.1, -0.05) is 12.2 Å². The molecule has 2 saturated heterocycles. The molecule has 3 atom stereocenters. The van der Waals surface area contributed by atoms with Gasteiger partial charge in [-0.3, -0.25) is 4.79 Å². The maximum absolute atomic E-state index is 11.1. The van der Waals surface area contributed by atoms with Crippen LogP contribution in [0.15, 0.2) is 24.0 Å². The van der Waals surface area contributed by atoms with Crippen LogP contribution in [-0.2, 0) is 9.53 Å². The van der Waals surface area contributed by atoms with Gasteiger partial charge in [-0.25, -0.2) is 0 Å². The van der Waals surface area contributed by atoms with Gasteiger partial charge >= 0.3 is 0 Å². The van der Waals surface area contributed by atoms with E-state index >= 15 is 0 Å². The van der Waals surface area contributed by atoms with Crippen LogP contribution in [0.25, 0.3) is 0 Å². The standard InChI is InChI=1S/C10H11NO2/c12-9-5-7-6-3-1-2-4-8(6)13-10(7)11-9/h1-2,4,6-7,10H,3,5H2,(H,11,12). The predicted molar refractivity (Wildman–Crippen MR) is 46.5 cm³/mol. The summed E-state index contributed by atoms with van der Waals surface area (Å²) in [6.07, 6.45) is 7.77. The summed E-state index contributed by atoms with van der Waals surface area (Å²) in [5.74, 6) is 1.98. The molecule has 3 rings (SSSR count). The van der Waals surface area contributed by atoms with E-state index in [0.717, 1.165) is 12.2 Å². The van der Waals surface area contributed by atoms with E-state index in [1.54, 1.807) is 0 Å². The highest BCUT2D eigenvalue weighted by Crippen LogP contribution is 2.42. The molecule has 0 radical (unpaired) electrons. The van der Waals surface area contributed by atoms with Crippen molar-refractivity contribution >= 4 is 5.91 Å². The van der Waals surface area contributed by atoms with Crippen LogP contribution in [-0.4, -0.2) is 12.1 Å². The summed E-state index contributed by atoms with van der Waals surface area (Å²) < 4.78 is 5.64. The van der Waals surface area contributed by atoms with E-state index in [-0.39, 0.29) is 12.1 Å². The minimum atomic E-state index is -0.0522. The molecule has 0 aromatic rings. The third-order valence-corrected chi connectivity index (χ3v) is 3.05. The predicted octanol–water partition coefficient (Wildman–Crippen LogP) is 0.939. The van der Waals surface area contributed by atoms with Crippen molar-refractivity contribution in [1.82, 2.24) is 5.32 Å². The van der Waals surface area contributed by atoms with Crippen LogP contribution < -0.4 is 5.32 Å². The molecule has 0 aromatic heterocycles. The number of amides is 1. The Kier molecular flexibility index (Phi) is 1.31. The van der Waals surface area contributed by atoms with E-state index in [1.807, 2.05) is 12.2 Å². The molecule has 0 aromatic carbocycles. The van der Waals surface area contributed by atoms with Gasteiger partial charge in [-0.15, -0.1) is 0 Å². The monoisotopic (exact) mass is 177 g/mol. The molecule has 3 aliphatic rings. The molecular weight excluding hydrogens is 166 g/mol. The van der Waals surface area contributed by atoms with Crippen molar-refractivity contribution < 1.29 is 9.53 Å². The van der Waals surface area contributed by atoms with Crippen molar-refractivity contribution in [3.63, 3.8) is 0 Å². The Bertz CT molecular complexity index is 319. The molecule has 3 heteroatoms. The van der Waals surface area contributed by atoms with Crippen LogP contribution in [0.4, 0.5) is 0 Å². The maximum Gasteiger partial charge on any atom is 0.223 e. The summed E-state index contributed by atoms with van der Waals surface area (Å²) in [7, 11) is 0. The molecule has 3 nitrogen and oxygen atoms in total. The number of hydrogen-bond donors (Lipinski definition) is 1. The van der Waals surface area contributed by atoms with Crippen LogP contribution >= 0.6 is 0 Å². The topological polar surface area (TPSA) is 38.3 Å². The van der Waals surface area contributed by atoms with Crippen LogP contribution in [0.3, 0.4) is 0 Å². The van der Waals surface area contributed by atoms with Gasteiger partial charge in [0.15, 0.2) is 6.23 Å². The van der Waals surface area contributed by atoms with Gasteiger partial charge in [0, 0.05) is 18.3 Å². The van der Waals surface area contributed by atoms with Gasteiger partial charge in [-0.2, -0.15) is 0 Å². The van der Waals surface area contributed by atoms with Crippen molar-refractivity contribution in [3.05, 3.63) is 24.0 Å². The van der Waals surface area contributed by atoms with Gasteiger partial charge in [0.2, 0.25) is 5.91 Å². The first-order chi connectivity index (χ1) is 6.34. The highest BCUT2D eigenvalue weighted by Gasteiger charge is 2.47. The fourth-order valence-corrected chi connectivity index (χ4v) is 2.40. The third-order valence-electron chi connectivity index (χ3n) is 3.05. The van der Waals surface area contributed by atoms with Crippen molar-refractivity contribution in [2.24, 2.45) is 11.8 Å². The number of carbonyl (C=O) groups is 1. The Labute approximate surface area is 76.5 Å². The zero-order chi connectivity index (χ0) is 8.84. The fourth-order valence-electron chi connectivity index (χ4n) is 2.40. The molecule has 1 N–H and O–H groups in total. The number of nitrogens with one attached hydrogen (secondary N) is 1. The number of rotatable bonds is 0. The van der Waals surface area contributed by atoms with Gasteiger partial charge in [0.1, 0.15) is 5.76 Å². The molecular formula is C10H11NO2. The lowest BCUT2D eigenvalue weighted by atomic mass is 9.86. The number of allylic oxidation sites excluding steroid dienone is 4. The van der Waals surface area contributed by atoms with E-state index < -0.39 is 0 Å². The average molecular weight is 177 g/mol. The van der Waals surface area contributed by atoms with Crippen molar-refractivity contribution in [1.29, 1.82) is 0 Å². The minimum Gasteiger partial charge on any atom is -0.474 e. The molecule has 1 aliphatic carbocycles. The van der Waals surface area contributed by atoms with E-state index in [4.69, 9.17) is 4.74 Å². The number of ether oxygens (including phenoxy) is 1. The van der Waals surface area contributed by atoms with E-state index in [9.17, 15) is 4.79 Å². The summed E-state index contributed by atoms with van der Waals surface area (Å²) in [6.45, 7) is 0. The second kappa shape index (κ2) is 2.37. The maximum atomic E-state index is 11.1. The van der Waals surface area contributed by atoms with Gasteiger partial charge in [0.05, 0.1) is 0 Å². The van der Waals surface area contributed by atoms with Crippen LogP contribution in [0.5, 0.6) is 0 Å². The van der Waals surface area contributed by atoms with Gasteiger partial charge in [0.25, 0.3) is 0 Å². The summed E-state index contributed by atoms with van der Waals surface area (Å²) in [5.41, 5.74) is 0. The Morgan fingerprint density at radius 2 is 2.46 bits per heavy atom. The molecule has 2 aliphatic heterocycles. The fraction of sp³-hybridized carbons (Fsp3) is 0.500. The Hall–Kier alpha value is -1.25. The average Bonchev–Trinajstić information content (AvgIpc) is 2.60. The van der Waals surface area contributed by atoms with E-state index in [0.29, 0.717) is 18.3 Å². The largest absolute Gasteiger partial charge is 0.474 e. The van der Waals surface area contributed by atoms with E-state index in [1.165, 1.54) is 0 Å². The lowest BCUT2D eigenvalue weighted by molar-refractivity contribution is -0.120. The second-order valence-corrected chi connectivity index (χ2v) is 3.81. The summed E-state index contributed by atoms with van der Waals surface area (Å²) in [6, 6.07) is 0. The normalized spacial score (nSPS) is 40.5. The lowest BCUT2D eigenvalue weighted by Crippen LogP contribution is -2.27. The first-order valence-corrected chi connectivity index (χ1v) is 4.67. The first-order valence-electron chi connectivity index (χ1n) is 4.67. The van der Waals surface area contributed by atoms with Crippen LogP contribution in [0.2, 0.25) is 0 Å². The van der Waals surface area contributed by atoms with Gasteiger partial charge in [-0.05, 0) is 12.5 Å². The highest BCUT2D eigenvalue weighted by atomic mass is 16.5. The summed E-state index contributed by atoms with van der Waals surface area (Å²) in [4.78, 5) is 11.1. The van der Waals surface area contributed by atoms with Gasteiger partial charge < -0.3 is 10.1 Å². The Morgan fingerprint density at radius 1 is 1.54 bits per heavy atom. The quantitative estimate of drug-likeness (QED) is 0.598. The zero-order valence-corrected chi connectivity index (χ0v) is 7.19. The van der Waals surface area contributed by atoms with E-state index in [2.05, 4.69) is 11.4 Å². The molecule has 3 unspecified atom stereocenters. The lowest BCUT2D eigenvalue weighted by Gasteiger charge is -2.13. The third kappa shape index (κ3) is 0.930. The molecule has 68 valence electrons. The summed E-state index contributed by atoms with van der Waals surface area (Å²) in [5, 5.41) is 2.84. The SMILES string of the molecule is O=C1CC2C(N1)OC1=CC=CCC12. The molecule has 0 saturated carbocycles. The first kappa shape index (κ1) is 7.18. The molecule has 1 amide bonds. The van der Waals surface area contributed by atoms with Crippen LogP contribution in [0.1, 0.15) is 12.8 Å². The van der Waals surface area contributed by atoms with Crippen molar-refractivity contribution in [2.75, 3.05) is 0 Å². The molecule has 0 spiro atoms. The molecule has 2 fully saturated rings. The highest BCUT2D eigenvalue weighted by molar-refractivity contribution is 5.79. The molecule has 2 heterocycles. The van der Waals surface area contributed by atoms with Crippen LogP contribution in [0, 0.1) is 11.8 Å². The molecule has 0 bridgehead atoms. The van der Waals surface area contributed by atoms with Crippen molar-refractivity contribution in [2.45, 2.75) is 19.1 Å². The minimum absolute atomic E-state index is 0.0522. The Morgan fingerprint density at radius 3 is 3.38 bits per heavy atom.